The molecule has 1 fully saturated rings. The second-order valence-corrected chi connectivity index (χ2v) is 9.57. The van der Waals surface area contributed by atoms with Crippen LogP contribution in [0.25, 0.3) is 0 Å². The molecule has 1 heterocycles. The summed E-state index contributed by atoms with van der Waals surface area (Å²) in [7, 11) is 0. The Hall–Kier alpha value is -3.20. The van der Waals surface area contributed by atoms with Crippen LogP contribution in [-0.4, -0.2) is 17.9 Å². The van der Waals surface area contributed by atoms with Crippen LogP contribution in [0.5, 0.6) is 0 Å². The van der Waals surface area contributed by atoms with E-state index >= 15 is 4.39 Å². The fourth-order valence-corrected chi connectivity index (χ4v) is 5.08. The number of rotatable bonds is 7. The summed E-state index contributed by atoms with van der Waals surface area (Å²) in [5, 5.41) is 4.63. The maximum atomic E-state index is 15.0. The molecule has 0 bridgehead atoms. The highest BCUT2D eigenvalue weighted by atomic mass is 32.1. The lowest BCUT2D eigenvalue weighted by molar-refractivity contribution is -0.127. The van der Waals surface area contributed by atoms with E-state index in [1.807, 2.05) is 0 Å². The number of carbonyl (C=O) groups is 2. The second kappa shape index (κ2) is 11.0. The maximum Gasteiger partial charge on any atom is 0.248 e. The molecule has 1 atom stereocenters. The van der Waals surface area contributed by atoms with Gasteiger partial charge >= 0.3 is 0 Å². The lowest BCUT2D eigenvalue weighted by Crippen LogP contribution is -2.48. The van der Waals surface area contributed by atoms with Crippen LogP contribution in [0.4, 0.5) is 23.2 Å². The molecule has 4 nitrogen and oxygen atoms in total. The Labute approximate surface area is 204 Å². The minimum atomic E-state index is -1.68. The van der Waals surface area contributed by atoms with Crippen LogP contribution in [0.2, 0.25) is 0 Å². The van der Waals surface area contributed by atoms with Gasteiger partial charge in [0.05, 0.1) is 6.42 Å². The Kier molecular flexibility index (Phi) is 7.85. The van der Waals surface area contributed by atoms with Gasteiger partial charge in [0.15, 0.2) is 11.6 Å². The van der Waals surface area contributed by atoms with E-state index in [1.165, 1.54) is 29.5 Å². The molecule has 184 valence electrons. The lowest BCUT2D eigenvalue weighted by atomic mass is 9.94. The van der Waals surface area contributed by atoms with Gasteiger partial charge in [0.2, 0.25) is 11.8 Å². The van der Waals surface area contributed by atoms with E-state index in [-0.39, 0.29) is 18.2 Å². The summed E-state index contributed by atoms with van der Waals surface area (Å²) in [5.74, 6) is -6.00. The minimum absolute atomic E-state index is 0.000478. The van der Waals surface area contributed by atoms with Crippen molar-refractivity contribution >= 4 is 28.8 Å². The summed E-state index contributed by atoms with van der Waals surface area (Å²) in [4.78, 5) is 28.8. The molecule has 0 spiro atoms. The molecule has 3 aromatic rings. The van der Waals surface area contributed by atoms with Gasteiger partial charge in [0.25, 0.3) is 0 Å². The zero-order valence-electron chi connectivity index (χ0n) is 18.8. The van der Waals surface area contributed by atoms with Crippen molar-refractivity contribution < 1.29 is 27.2 Å². The quantitative estimate of drug-likeness (QED) is 0.314. The molecule has 4 rings (SSSR count). The highest BCUT2D eigenvalue weighted by molar-refractivity contribution is 7.10. The van der Waals surface area contributed by atoms with E-state index in [4.69, 9.17) is 0 Å². The molecular formula is C26H24F4N2O2S. The Bertz CT molecular complexity index is 1200. The molecular weight excluding hydrogens is 480 g/mol. The van der Waals surface area contributed by atoms with Crippen molar-refractivity contribution in [2.75, 3.05) is 4.90 Å². The number of anilines is 1. The van der Waals surface area contributed by atoms with Crippen molar-refractivity contribution in [1.29, 1.82) is 0 Å². The van der Waals surface area contributed by atoms with Crippen LogP contribution in [0.3, 0.4) is 0 Å². The molecule has 0 saturated heterocycles. The van der Waals surface area contributed by atoms with Gasteiger partial charge < -0.3 is 5.32 Å². The molecule has 1 N–H and O–H groups in total. The van der Waals surface area contributed by atoms with Gasteiger partial charge in [-0.3, -0.25) is 14.5 Å². The van der Waals surface area contributed by atoms with Crippen molar-refractivity contribution in [3.8, 4) is 0 Å². The molecule has 1 aliphatic carbocycles. The molecule has 1 aromatic heterocycles. The third kappa shape index (κ3) is 5.90. The van der Waals surface area contributed by atoms with Crippen LogP contribution in [0, 0.1) is 23.3 Å². The number of carbonyl (C=O) groups excluding carboxylic acids is 2. The van der Waals surface area contributed by atoms with E-state index in [0.29, 0.717) is 29.9 Å². The Morgan fingerprint density at radius 3 is 2.37 bits per heavy atom. The number of amides is 2. The van der Waals surface area contributed by atoms with Gasteiger partial charge in [-0.25, -0.2) is 17.6 Å². The predicted molar refractivity (Wildman–Crippen MR) is 126 cm³/mol. The number of hydrogen-bond acceptors (Lipinski definition) is 3. The predicted octanol–water partition coefficient (Wildman–Crippen LogP) is 6.07. The third-order valence-electron chi connectivity index (χ3n) is 6.05. The summed E-state index contributed by atoms with van der Waals surface area (Å²) in [6, 6.07) is 7.51. The molecule has 0 radical (unpaired) electrons. The molecule has 9 heteroatoms. The number of benzene rings is 2. The fraction of sp³-hybridized carbons (Fsp3) is 0.308. The summed E-state index contributed by atoms with van der Waals surface area (Å²) >= 11 is 1.31. The Morgan fingerprint density at radius 1 is 0.943 bits per heavy atom. The average molecular weight is 505 g/mol. The second-order valence-electron chi connectivity index (χ2n) is 8.53. The SMILES string of the molecule is O=C(NC1CCCCC1)C(c1cc(F)c(F)cc1F)N(C(=O)Cc1cccs1)c1cccc(F)c1. The standard InChI is InChI=1S/C26H24F4N2O2S/c27-16-6-4-9-18(12-16)32(24(33)13-19-10-5-11-35-19)25(20-14-22(29)23(30)15-21(20)28)26(34)31-17-7-2-1-3-8-17/h4-6,9-12,14-15,17,25H,1-3,7-8,13H2,(H,31,34). The highest BCUT2D eigenvalue weighted by Crippen LogP contribution is 2.33. The number of hydrogen-bond donors (Lipinski definition) is 1. The van der Waals surface area contributed by atoms with Gasteiger partial charge in [-0.1, -0.05) is 31.4 Å². The van der Waals surface area contributed by atoms with E-state index in [1.54, 1.807) is 17.5 Å². The van der Waals surface area contributed by atoms with Crippen LogP contribution in [0.1, 0.15) is 48.6 Å². The van der Waals surface area contributed by atoms with Crippen molar-refractivity contribution in [3.63, 3.8) is 0 Å². The minimum Gasteiger partial charge on any atom is -0.351 e. The first-order chi connectivity index (χ1) is 16.8. The lowest BCUT2D eigenvalue weighted by Gasteiger charge is -2.33. The zero-order chi connectivity index (χ0) is 24.9. The van der Waals surface area contributed by atoms with Crippen molar-refractivity contribution in [2.45, 2.75) is 50.6 Å². The molecule has 1 aliphatic rings. The summed E-state index contributed by atoms with van der Waals surface area (Å²) < 4.78 is 57.2. The average Bonchev–Trinajstić information content (AvgIpc) is 3.33. The van der Waals surface area contributed by atoms with E-state index in [2.05, 4.69) is 5.32 Å². The summed E-state index contributed by atoms with van der Waals surface area (Å²) in [5.41, 5.74) is -0.513. The molecule has 35 heavy (non-hydrogen) atoms. The molecule has 1 unspecified atom stereocenters. The van der Waals surface area contributed by atoms with Gasteiger partial charge in [-0.2, -0.15) is 0 Å². The third-order valence-corrected chi connectivity index (χ3v) is 6.93. The van der Waals surface area contributed by atoms with Gasteiger partial charge in [-0.05, 0) is 48.6 Å². The van der Waals surface area contributed by atoms with E-state index < -0.39 is 46.7 Å². The normalized spacial score (nSPS) is 15.0. The smallest absolute Gasteiger partial charge is 0.248 e. The number of nitrogens with zero attached hydrogens (tertiary/aromatic N) is 1. The monoisotopic (exact) mass is 504 g/mol. The van der Waals surface area contributed by atoms with E-state index in [9.17, 15) is 22.8 Å². The molecule has 2 aromatic carbocycles. The van der Waals surface area contributed by atoms with Gasteiger partial charge in [-0.15, -0.1) is 11.3 Å². The first-order valence-electron chi connectivity index (χ1n) is 11.4. The Morgan fingerprint density at radius 2 is 1.69 bits per heavy atom. The van der Waals surface area contributed by atoms with Crippen molar-refractivity contribution in [2.24, 2.45) is 0 Å². The van der Waals surface area contributed by atoms with Crippen LogP contribution >= 0.6 is 11.3 Å². The fourth-order valence-electron chi connectivity index (χ4n) is 4.38. The van der Waals surface area contributed by atoms with Gasteiger partial charge in [0.1, 0.15) is 17.7 Å². The number of halogens is 4. The largest absolute Gasteiger partial charge is 0.351 e. The summed E-state index contributed by atoms with van der Waals surface area (Å²) in [6.07, 6.45) is 4.11. The first kappa shape index (κ1) is 24.9. The van der Waals surface area contributed by atoms with E-state index in [0.717, 1.165) is 30.2 Å². The maximum absolute atomic E-state index is 15.0. The first-order valence-corrected chi connectivity index (χ1v) is 12.3. The van der Waals surface area contributed by atoms with Crippen molar-refractivity contribution in [1.82, 2.24) is 5.32 Å². The molecule has 1 saturated carbocycles. The van der Waals surface area contributed by atoms with Crippen LogP contribution < -0.4 is 10.2 Å². The van der Waals surface area contributed by atoms with Crippen molar-refractivity contribution in [3.05, 3.63) is 87.6 Å². The molecule has 0 aliphatic heterocycles. The zero-order valence-corrected chi connectivity index (χ0v) is 19.6. The summed E-state index contributed by atoms with van der Waals surface area (Å²) in [6.45, 7) is 0. The number of nitrogens with one attached hydrogen (secondary N) is 1. The molecule has 2 amide bonds. The van der Waals surface area contributed by atoms with Gasteiger partial charge in [0, 0.05) is 28.2 Å². The topological polar surface area (TPSA) is 49.4 Å². The number of thiophene rings is 1. The highest BCUT2D eigenvalue weighted by Gasteiger charge is 2.36. The van der Waals surface area contributed by atoms with Crippen LogP contribution in [-0.2, 0) is 16.0 Å². The van der Waals surface area contributed by atoms with Crippen LogP contribution in [0.15, 0.2) is 53.9 Å². The Balaban J connectivity index is 1.81.